The molecule has 0 unspecified atom stereocenters. The van der Waals surface area contributed by atoms with E-state index in [1.54, 1.807) is 13.8 Å². The van der Waals surface area contributed by atoms with Gasteiger partial charge in [0.05, 0.1) is 21.8 Å². The first-order valence-corrected chi connectivity index (χ1v) is 10.5. The number of rotatable bonds is 5. The fraction of sp³-hybridized carbons (Fsp3) is 0.136. The molecule has 5 nitrogen and oxygen atoms in total. The van der Waals surface area contributed by atoms with Crippen molar-refractivity contribution >= 4 is 27.3 Å². The molecule has 0 saturated carbocycles. The molecule has 3 rings (SSSR count). The fourth-order valence-corrected chi connectivity index (χ4v) is 4.35. The zero-order valence-corrected chi connectivity index (χ0v) is 17.4. The number of aryl methyl sites for hydroxylation is 3. The summed E-state index contributed by atoms with van der Waals surface area (Å²) in [6, 6.07) is 12.1. The van der Waals surface area contributed by atoms with E-state index in [0.717, 1.165) is 34.9 Å². The lowest BCUT2D eigenvalue weighted by atomic mass is 10.1. The highest BCUT2D eigenvalue weighted by Crippen LogP contribution is 2.27. The monoisotopic (exact) mass is 430 g/mol. The van der Waals surface area contributed by atoms with E-state index < -0.39 is 27.6 Å². The molecule has 3 aromatic rings. The van der Waals surface area contributed by atoms with Crippen LogP contribution in [0.2, 0.25) is 0 Å². The van der Waals surface area contributed by atoms with Gasteiger partial charge in [0.2, 0.25) is 0 Å². The molecule has 30 heavy (non-hydrogen) atoms. The Balaban J connectivity index is 1.86. The van der Waals surface area contributed by atoms with Crippen molar-refractivity contribution in [2.75, 3.05) is 10.0 Å². The standard InChI is InChI=1S/C22H20F2N2O3S/c1-13-10-14(2)21(15(3)11-13)26-30(28,29)16-8-9-20(19(24)12-16)25-22(27)17-6-4-5-7-18(17)23/h4-12,26H,1-3H3,(H,25,27). The quantitative estimate of drug-likeness (QED) is 0.602. The maximum atomic E-state index is 14.5. The molecular formula is C22H20F2N2O3S. The molecule has 8 heteroatoms. The van der Waals surface area contributed by atoms with Crippen LogP contribution in [0.3, 0.4) is 0 Å². The van der Waals surface area contributed by atoms with Gasteiger partial charge in [0, 0.05) is 0 Å². The molecule has 0 aliphatic carbocycles. The van der Waals surface area contributed by atoms with Crippen molar-refractivity contribution in [3.63, 3.8) is 0 Å². The highest BCUT2D eigenvalue weighted by Gasteiger charge is 2.20. The topological polar surface area (TPSA) is 75.3 Å². The van der Waals surface area contributed by atoms with Crippen LogP contribution in [0.1, 0.15) is 27.0 Å². The first kappa shape index (κ1) is 21.4. The molecule has 0 heterocycles. The molecule has 0 saturated heterocycles. The average Bonchev–Trinajstić information content (AvgIpc) is 2.66. The van der Waals surface area contributed by atoms with Gasteiger partial charge >= 0.3 is 0 Å². The van der Waals surface area contributed by atoms with E-state index in [1.165, 1.54) is 24.3 Å². The SMILES string of the molecule is Cc1cc(C)c(NS(=O)(=O)c2ccc(NC(=O)c3ccccc3F)c(F)c2)c(C)c1. The number of carbonyl (C=O) groups is 1. The van der Waals surface area contributed by atoms with Crippen LogP contribution in [0.15, 0.2) is 59.5 Å². The third-order valence-electron chi connectivity index (χ3n) is 4.53. The summed E-state index contributed by atoms with van der Waals surface area (Å²) in [5, 5.41) is 2.25. The van der Waals surface area contributed by atoms with E-state index in [2.05, 4.69) is 10.0 Å². The molecule has 0 aliphatic rings. The van der Waals surface area contributed by atoms with Crippen LogP contribution in [0, 0.1) is 32.4 Å². The summed E-state index contributed by atoms with van der Waals surface area (Å²) >= 11 is 0. The second-order valence-corrected chi connectivity index (χ2v) is 8.64. The number of hydrogen-bond donors (Lipinski definition) is 2. The van der Waals surface area contributed by atoms with Crippen molar-refractivity contribution in [1.29, 1.82) is 0 Å². The Bertz CT molecular complexity index is 1220. The highest BCUT2D eigenvalue weighted by molar-refractivity contribution is 7.92. The zero-order valence-electron chi connectivity index (χ0n) is 16.6. The number of anilines is 2. The molecule has 0 spiro atoms. The van der Waals surface area contributed by atoms with Crippen molar-refractivity contribution in [3.05, 3.63) is 88.5 Å². The predicted octanol–water partition coefficient (Wildman–Crippen LogP) is 4.94. The lowest BCUT2D eigenvalue weighted by Crippen LogP contribution is -2.17. The summed E-state index contributed by atoms with van der Waals surface area (Å²) < 4.78 is 56.2. The Hall–Kier alpha value is -3.26. The molecular weight excluding hydrogens is 410 g/mol. The molecule has 0 bridgehead atoms. The Labute approximate surface area is 173 Å². The Morgan fingerprint density at radius 3 is 2.10 bits per heavy atom. The van der Waals surface area contributed by atoms with E-state index in [4.69, 9.17) is 0 Å². The van der Waals surface area contributed by atoms with Gasteiger partial charge < -0.3 is 5.32 Å². The molecule has 156 valence electrons. The van der Waals surface area contributed by atoms with E-state index in [-0.39, 0.29) is 16.1 Å². The number of nitrogens with one attached hydrogen (secondary N) is 2. The first-order valence-electron chi connectivity index (χ1n) is 9.04. The first-order chi connectivity index (χ1) is 14.1. The molecule has 3 aromatic carbocycles. The van der Waals surface area contributed by atoms with E-state index in [1.807, 2.05) is 19.1 Å². The van der Waals surface area contributed by atoms with Crippen molar-refractivity contribution < 1.29 is 22.0 Å². The molecule has 0 radical (unpaired) electrons. The predicted molar refractivity (Wildman–Crippen MR) is 112 cm³/mol. The largest absolute Gasteiger partial charge is 0.319 e. The lowest BCUT2D eigenvalue weighted by molar-refractivity contribution is 0.102. The molecule has 0 aromatic heterocycles. The van der Waals surface area contributed by atoms with Gasteiger partial charge in [0.1, 0.15) is 11.6 Å². The van der Waals surface area contributed by atoms with Crippen LogP contribution in [-0.4, -0.2) is 14.3 Å². The second-order valence-electron chi connectivity index (χ2n) is 6.95. The molecule has 1 amide bonds. The minimum Gasteiger partial charge on any atom is -0.319 e. The van der Waals surface area contributed by atoms with Gasteiger partial charge in [-0.2, -0.15) is 0 Å². The molecule has 2 N–H and O–H groups in total. The number of benzene rings is 3. The smallest absolute Gasteiger partial charge is 0.262 e. The van der Waals surface area contributed by atoms with E-state index in [9.17, 15) is 22.0 Å². The number of amides is 1. The van der Waals surface area contributed by atoms with Crippen LogP contribution in [0.4, 0.5) is 20.2 Å². The van der Waals surface area contributed by atoms with Gasteiger partial charge in [0.15, 0.2) is 0 Å². The summed E-state index contributed by atoms with van der Waals surface area (Å²) in [7, 11) is -4.06. The lowest BCUT2D eigenvalue weighted by Gasteiger charge is -2.15. The van der Waals surface area contributed by atoms with E-state index in [0.29, 0.717) is 5.69 Å². The minimum absolute atomic E-state index is 0.249. The van der Waals surface area contributed by atoms with Crippen molar-refractivity contribution in [3.8, 4) is 0 Å². The Morgan fingerprint density at radius 2 is 1.50 bits per heavy atom. The minimum atomic E-state index is -4.06. The maximum absolute atomic E-state index is 14.5. The number of hydrogen-bond acceptors (Lipinski definition) is 3. The normalized spacial score (nSPS) is 11.2. The van der Waals surface area contributed by atoms with Crippen LogP contribution >= 0.6 is 0 Å². The molecule has 0 atom stereocenters. The van der Waals surface area contributed by atoms with Gasteiger partial charge in [-0.05, 0) is 62.2 Å². The zero-order chi connectivity index (χ0) is 22.1. The van der Waals surface area contributed by atoms with Crippen LogP contribution in [-0.2, 0) is 10.0 Å². The highest BCUT2D eigenvalue weighted by atomic mass is 32.2. The Kier molecular flexibility index (Phi) is 5.89. The maximum Gasteiger partial charge on any atom is 0.262 e. The number of halogens is 2. The van der Waals surface area contributed by atoms with Gasteiger partial charge in [-0.1, -0.05) is 29.8 Å². The molecule has 0 aliphatic heterocycles. The van der Waals surface area contributed by atoms with Gasteiger partial charge in [-0.25, -0.2) is 17.2 Å². The van der Waals surface area contributed by atoms with Gasteiger partial charge in [0.25, 0.3) is 15.9 Å². The third kappa shape index (κ3) is 4.49. The summed E-state index contributed by atoms with van der Waals surface area (Å²) in [5.41, 5.74) is 2.40. The van der Waals surface area contributed by atoms with Crippen LogP contribution in [0.5, 0.6) is 0 Å². The average molecular weight is 430 g/mol. The fourth-order valence-electron chi connectivity index (χ4n) is 3.13. The number of carbonyl (C=O) groups excluding carboxylic acids is 1. The van der Waals surface area contributed by atoms with Crippen molar-refractivity contribution in [2.45, 2.75) is 25.7 Å². The van der Waals surface area contributed by atoms with Crippen molar-refractivity contribution in [2.24, 2.45) is 0 Å². The summed E-state index contributed by atoms with van der Waals surface area (Å²) in [5.74, 6) is -2.55. The van der Waals surface area contributed by atoms with Gasteiger partial charge in [-0.15, -0.1) is 0 Å². The van der Waals surface area contributed by atoms with Gasteiger partial charge in [-0.3, -0.25) is 9.52 Å². The summed E-state index contributed by atoms with van der Waals surface area (Å²) in [4.78, 5) is 11.9. The van der Waals surface area contributed by atoms with Crippen LogP contribution < -0.4 is 10.0 Å². The second kappa shape index (κ2) is 8.23. The Morgan fingerprint density at radius 1 is 0.867 bits per heavy atom. The number of sulfonamides is 1. The molecule has 0 fully saturated rings. The summed E-state index contributed by atoms with van der Waals surface area (Å²) in [6.45, 7) is 5.46. The third-order valence-corrected chi connectivity index (χ3v) is 5.88. The van der Waals surface area contributed by atoms with Crippen LogP contribution in [0.25, 0.3) is 0 Å². The summed E-state index contributed by atoms with van der Waals surface area (Å²) in [6.07, 6.45) is 0. The van der Waals surface area contributed by atoms with Crippen molar-refractivity contribution in [1.82, 2.24) is 0 Å². The van der Waals surface area contributed by atoms with E-state index >= 15 is 0 Å².